The minimum atomic E-state index is -0.216. The maximum absolute atomic E-state index is 12.3. The number of rotatable bonds is 0. The Kier molecular flexibility index (Phi) is 5.17. The van der Waals surface area contributed by atoms with E-state index in [1.54, 1.807) is 12.2 Å². The second-order valence-electron chi connectivity index (χ2n) is 1.86. The number of nitrogens with two attached hydrogens (primary N) is 1. The predicted molar refractivity (Wildman–Crippen MR) is 46.6 cm³/mol. The molecule has 0 aromatic carbocycles. The van der Waals surface area contributed by atoms with E-state index < -0.39 is 0 Å². The molecule has 11 heavy (non-hydrogen) atoms. The lowest BCUT2D eigenvalue weighted by molar-refractivity contribution is 0.663. The Balaban J connectivity index is 0.000000461. The van der Waals surface area contributed by atoms with Crippen molar-refractivity contribution in [1.82, 2.24) is 0 Å². The largest absolute Gasteiger partial charge is 0.399 e. The van der Waals surface area contributed by atoms with Crippen molar-refractivity contribution in [3.8, 4) is 0 Å². The molecule has 0 fully saturated rings. The summed E-state index contributed by atoms with van der Waals surface area (Å²) in [6.45, 7) is 4.00. The van der Waals surface area contributed by atoms with Crippen LogP contribution in [0.2, 0.25) is 0 Å². The number of halogens is 1. The maximum atomic E-state index is 12.3. The summed E-state index contributed by atoms with van der Waals surface area (Å²) in [5.41, 5.74) is 6.00. The van der Waals surface area contributed by atoms with Crippen LogP contribution in [0.25, 0.3) is 0 Å². The summed E-state index contributed by atoms with van der Waals surface area (Å²) in [6, 6.07) is 0. The molecule has 0 heterocycles. The molecule has 2 heteroatoms. The topological polar surface area (TPSA) is 26.0 Å². The molecule has 0 radical (unpaired) electrons. The Labute approximate surface area is 67.1 Å². The van der Waals surface area contributed by atoms with Crippen molar-refractivity contribution >= 4 is 0 Å². The Hall–Kier alpha value is -1.05. The first-order valence-electron chi connectivity index (χ1n) is 3.78. The Morgan fingerprint density at radius 1 is 1.27 bits per heavy atom. The van der Waals surface area contributed by atoms with Gasteiger partial charge in [0.05, 0.1) is 0 Å². The van der Waals surface area contributed by atoms with Crippen LogP contribution in [0.5, 0.6) is 0 Å². The van der Waals surface area contributed by atoms with Crippen molar-refractivity contribution in [2.45, 2.75) is 20.3 Å². The third kappa shape index (κ3) is 4.37. The van der Waals surface area contributed by atoms with Gasteiger partial charge in [-0.1, -0.05) is 19.9 Å². The van der Waals surface area contributed by atoms with Crippen LogP contribution in [0.4, 0.5) is 4.39 Å². The van der Waals surface area contributed by atoms with E-state index in [2.05, 4.69) is 0 Å². The first kappa shape index (κ1) is 9.95. The highest BCUT2D eigenvalue weighted by Gasteiger charge is 1.91. The number of hydrogen-bond donors (Lipinski definition) is 1. The van der Waals surface area contributed by atoms with E-state index in [-0.39, 0.29) is 5.83 Å². The van der Waals surface area contributed by atoms with Crippen LogP contribution in [0.1, 0.15) is 20.3 Å². The highest BCUT2D eigenvalue weighted by Crippen LogP contribution is 2.07. The molecule has 0 saturated carbocycles. The van der Waals surface area contributed by atoms with Gasteiger partial charge in [-0.2, -0.15) is 0 Å². The van der Waals surface area contributed by atoms with Gasteiger partial charge in [-0.05, 0) is 24.6 Å². The van der Waals surface area contributed by atoms with E-state index in [0.717, 1.165) is 0 Å². The fourth-order valence-corrected chi connectivity index (χ4v) is 0.620. The molecule has 0 atom stereocenters. The molecule has 0 aromatic rings. The van der Waals surface area contributed by atoms with Crippen LogP contribution in [-0.4, -0.2) is 0 Å². The van der Waals surface area contributed by atoms with Gasteiger partial charge in [0.2, 0.25) is 0 Å². The van der Waals surface area contributed by atoms with Gasteiger partial charge in [-0.25, -0.2) is 4.39 Å². The lowest BCUT2D eigenvalue weighted by Crippen LogP contribution is -1.90. The van der Waals surface area contributed by atoms with Gasteiger partial charge in [-0.15, -0.1) is 0 Å². The van der Waals surface area contributed by atoms with Crippen LogP contribution < -0.4 is 5.73 Å². The minimum absolute atomic E-state index is 0.216. The van der Waals surface area contributed by atoms with E-state index in [1.165, 1.54) is 12.2 Å². The Bertz CT molecular complexity index is 170. The first-order valence-corrected chi connectivity index (χ1v) is 3.78. The monoisotopic (exact) mass is 155 g/mol. The second-order valence-corrected chi connectivity index (χ2v) is 1.86. The van der Waals surface area contributed by atoms with Gasteiger partial charge in [0, 0.05) is 5.70 Å². The normalized spacial score (nSPS) is 15.5. The standard InChI is InChI=1S/C7H8FN.C2H6/c8-6-2-1-3-7(9)5-4-6;1-2/h2-5H,1,9H2;1-2H3. The summed E-state index contributed by atoms with van der Waals surface area (Å²) in [5.74, 6) is -0.216. The lowest BCUT2D eigenvalue weighted by atomic mass is 10.3. The van der Waals surface area contributed by atoms with Crippen molar-refractivity contribution in [2.24, 2.45) is 5.73 Å². The molecule has 0 aromatic heterocycles. The van der Waals surface area contributed by atoms with Gasteiger partial charge < -0.3 is 5.73 Å². The fourth-order valence-electron chi connectivity index (χ4n) is 0.620. The van der Waals surface area contributed by atoms with Gasteiger partial charge >= 0.3 is 0 Å². The number of allylic oxidation sites excluding steroid dienone is 5. The Morgan fingerprint density at radius 3 is 2.55 bits per heavy atom. The zero-order valence-corrected chi connectivity index (χ0v) is 6.97. The Morgan fingerprint density at radius 2 is 1.91 bits per heavy atom. The molecule has 2 N–H and O–H groups in total. The highest BCUT2D eigenvalue weighted by molar-refractivity contribution is 5.26. The first-order chi connectivity index (χ1) is 5.29. The molecule has 62 valence electrons. The zero-order chi connectivity index (χ0) is 8.69. The summed E-state index contributed by atoms with van der Waals surface area (Å²) < 4.78 is 12.3. The van der Waals surface area contributed by atoms with Crippen molar-refractivity contribution in [1.29, 1.82) is 0 Å². The minimum Gasteiger partial charge on any atom is -0.399 e. The average Bonchev–Trinajstić information content (AvgIpc) is 2.20. The summed E-state index contributed by atoms with van der Waals surface area (Å²) in [5, 5.41) is 0. The molecule has 0 aliphatic heterocycles. The third-order valence-corrected chi connectivity index (χ3v) is 1.10. The van der Waals surface area contributed by atoms with E-state index >= 15 is 0 Å². The average molecular weight is 155 g/mol. The predicted octanol–water partition coefficient (Wildman–Crippen LogP) is 2.67. The quantitative estimate of drug-likeness (QED) is 0.571. The molecular weight excluding hydrogens is 141 g/mol. The van der Waals surface area contributed by atoms with E-state index in [4.69, 9.17) is 5.73 Å². The van der Waals surface area contributed by atoms with Crippen molar-refractivity contribution in [2.75, 3.05) is 0 Å². The van der Waals surface area contributed by atoms with Crippen LogP contribution in [0, 0.1) is 0 Å². The molecule has 0 saturated heterocycles. The van der Waals surface area contributed by atoms with Crippen molar-refractivity contribution < 1.29 is 4.39 Å². The van der Waals surface area contributed by atoms with E-state index in [0.29, 0.717) is 12.1 Å². The van der Waals surface area contributed by atoms with Gasteiger partial charge in [-0.3, -0.25) is 0 Å². The summed E-state index contributed by atoms with van der Waals surface area (Å²) >= 11 is 0. The van der Waals surface area contributed by atoms with E-state index in [9.17, 15) is 4.39 Å². The van der Waals surface area contributed by atoms with Crippen LogP contribution in [0.15, 0.2) is 35.8 Å². The highest BCUT2D eigenvalue weighted by atomic mass is 19.1. The van der Waals surface area contributed by atoms with Gasteiger partial charge in [0.25, 0.3) is 0 Å². The van der Waals surface area contributed by atoms with Crippen molar-refractivity contribution in [3.63, 3.8) is 0 Å². The van der Waals surface area contributed by atoms with E-state index in [1.807, 2.05) is 13.8 Å². The molecule has 1 aliphatic carbocycles. The van der Waals surface area contributed by atoms with Crippen LogP contribution in [0.3, 0.4) is 0 Å². The molecule has 1 rings (SSSR count). The molecule has 1 aliphatic rings. The molecule has 0 spiro atoms. The lowest BCUT2D eigenvalue weighted by Gasteiger charge is -1.84. The summed E-state index contributed by atoms with van der Waals surface area (Å²) in [4.78, 5) is 0. The zero-order valence-electron chi connectivity index (χ0n) is 6.97. The van der Waals surface area contributed by atoms with Crippen molar-refractivity contribution in [3.05, 3.63) is 35.8 Å². The molecule has 0 unspecified atom stereocenters. The SMILES string of the molecule is CC.NC1=CCC=C(F)C=C1. The maximum Gasteiger partial charge on any atom is 0.119 e. The van der Waals surface area contributed by atoms with Gasteiger partial charge in [0.15, 0.2) is 0 Å². The van der Waals surface area contributed by atoms with Crippen LogP contribution >= 0.6 is 0 Å². The molecule has 1 nitrogen and oxygen atoms in total. The summed E-state index contributed by atoms with van der Waals surface area (Å²) in [6.07, 6.45) is 6.75. The third-order valence-electron chi connectivity index (χ3n) is 1.10. The molecule has 0 bridgehead atoms. The van der Waals surface area contributed by atoms with Gasteiger partial charge in [0.1, 0.15) is 5.83 Å². The number of hydrogen-bond acceptors (Lipinski definition) is 1. The smallest absolute Gasteiger partial charge is 0.119 e. The van der Waals surface area contributed by atoms with Crippen LogP contribution in [-0.2, 0) is 0 Å². The fraction of sp³-hybridized carbons (Fsp3) is 0.333. The second kappa shape index (κ2) is 5.71. The summed E-state index contributed by atoms with van der Waals surface area (Å²) in [7, 11) is 0. The molecular formula is C9H14FN. The molecule has 0 amide bonds.